The van der Waals surface area contributed by atoms with Crippen LogP contribution in [0.25, 0.3) is 0 Å². The highest BCUT2D eigenvalue weighted by molar-refractivity contribution is 5.98. The lowest BCUT2D eigenvalue weighted by atomic mass is 9.92. The number of nitriles is 2. The van der Waals surface area contributed by atoms with Crippen LogP contribution >= 0.6 is 0 Å². The zero-order valence-corrected chi connectivity index (χ0v) is 9.71. The Kier molecular flexibility index (Phi) is 2.87. The third-order valence-corrected chi connectivity index (χ3v) is 2.80. The van der Waals surface area contributed by atoms with Gasteiger partial charge in [0.05, 0.1) is 5.57 Å². The number of esters is 1. The van der Waals surface area contributed by atoms with E-state index in [1.54, 1.807) is 39.8 Å². The minimum Gasteiger partial charge on any atom is -0.451 e. The van der Waals surface area contributed by atoms with Crippen molar-refractivity contribution in [2.24, 2.45) is 0 Å². The number of cyclic esters (lactones) is 1. The van der Waals surface area contributed by atoms with Gasteiger partial charge in [0.2, 0.25) is 0 Å². The molecule has 0 spiro atoms. The minimum absolute atomic E-state index is 0.0519. The first-order chi connectivity index (χ1) is 7.35. The smallest absolute Gasteiger partial charge is 0.339 e. The molecule has 1 aliphatic rings. The zero-order chi connectivity index (χ0) is 12.5. The van der Waals surface area contributed by atoms with Gasteiger partial charge in [-0.1, -0.05) is 0 Å². The molecule has 0 aromatic rings. The van der Waals surface area contributed by atoms with Crippen LogP contribution in [0.15, 0.2) is 22.3 Å². The van der Waals surface area contributed by atoms with Gasteiger partial charge < -0.3 is 4.74 Å². The van der Waals surface area contributed by atoms with Crippen molar-refractivity contribution in [2.75, 3.05) is 0 Å². The third-order valence-electron chi connectivity index (χ3n) is 2.80. The molecule has 0 aromatic carbocycles. The molecule has 1 rings (SSSR count). The number of rotatable bonds is 1. The molecule has 0 atom stereocenters. The number of hydrogen-bond donors (Lipinski definition) is 0. The molecule has 4 heteroatoms. The van der Waals surface area contributed by atoms with Gasteiger partial charge in [-0.3, -0.25) is 0 Å². The average molecular weight is 216 g/mol. The average Bonchev–Trinajstić information content (AvgIpc) is 2.38. The lowest BCUT2D eigenvalue weighted by molar-refractivity contribution is -0.144. The van der Waals surface area contributed by atoms with Crippen molar-refractivity contribution in [3.63, 3.8) is 0 Å². The van der Waals surface area contributed by atoms with E-state index in [0.29, 0.717) is 11.1 Å². The van der Waals surface area contributed by atoms with Crippen molar-refractivity contribution in [3.8, 4) is 12.1 Å². The number of nitrogens with zero attached hydrogens (tertiary/aromatic N) is 2. The van der Waals surface area contributed by atoms with Gasteiger partial charge >= 0.3 is 5.97 Å². The van der Waals surface area contributed by atoms with E-state index >= 15 is 0 Å². The highest BCUT2D eigenvalue weighted by atomic mass is 16.6. The van der Waals surface area contributed by atoms with E-state index in [9.17, 15) is 4.79 Å². The van der Waals surface area contributed by atoms with Gasteiger partial charge in [-0.2, -0.15) is 10.5 Å². The molecule has 0 amide bonds. The van der Waals surface area contributed by atoms with Crippen molar-refractivity contribution in [1.29, 1.82) is 10.5 Å². The standard InChI is InChI=1S/C12H12N2O2/c1-7(9(5-13)6-14)10-8(2)12(3,4)16-11(10)15/h1-4H3. The molecule has 1 aliphatic heterocycles. The predicted molar refractivity (Wildman–Crippen MR) is 56.8 cm³/mol. The summed E-state index contributed by atoms with van der Waals surface area (Å²) in [5.74, 6) is -0.469. The molecule has 0 bridgehead atoms. The first kappa shape index (κ1) is 12.0. The minimum atomic E-state index is -0.663. The summed E-state index contributed by atoms with van der Waals surface area (Å²) in [5.41, 5.74) is 0.770. The van der Waals surface area contributed by atoms with Gasteiger partial charge in [-0.05, 0) is 38.8 Å². The third kappa shape index (κ3) is 1.70. The largest absolute Gasteiger partial charge is 0.451 e. The van der Waals surface area contributed by atoms with Gasteiger partial charge in [0, 0.05) is 0 Å². The summed E-state index contributed by atoms with van der Waals surface area (Å²) in [6.07, 6.45) is 0. The zero-order valence-electron chi connectivity index (χ0n) is 9.71. The Morgan fingerprint density at radius 3 is 2.12 bits per heavy atom. The molecule has 0 saturated heterocycles. The highest BCUT2D eigenvalue weighted by Gasteiger charge is 2.38. The van der Waals surface area contributed by atoms with Crippen LogP contribution in [0.3, 0.4) is 0 Å². The van der Waals surface area contributed by atoms with Crippen LogP contribution in [0.5, 0.6) is 0 Å². The molecule has 0 aromatic heterocycles. The fourth-order valence-corrected chi connectivity index (χ4v) is 1.57. The Morgan fingerprint density at radius 2 is 1.81 bits per heavy atom. The summed E-state index contributed by atoms with van der Waals surface area (Å²) in [6, 6.07) is 3.55. The van der Waals surface area contributed by atoms with E-state index in [-0.39, 0.29) is 5.57 Å². The van der Waals surface area contributed by atoms with Gasteiger partial charge in [0.25, 0.3) is 0 Å². The van der Waals surface area contributed by atoms with E-state index in [1.165, 1.54) is 0 Å². The molecule has 0 saturated carbocycles. The van der Waals surface area contributed by atoms with E-state index in [4.69, 9.17) is 15.3 Å². The second-order valence-electron chi connectivity index (χ2n) is 4.12. The van der Waals surface area contributed by atoms with Crippen LogP contribution in [-0.4, -0.2) is 11.6 Å². The highest BCUT2D eigenvalue weighted by Crippen LogP contribution is 2.35. The summed E-state index contributed by atoms with van der Waals surface area (Å²) in [6.45, 7) is 6.91. The van der Waals surface area contributed by atoms with Gasteiger partial charge in [-0.15, -0.1) is 0 Å². The SMILES string of the molecule is CC(=C(C#N)C#N)C1=C(C)C(C)(C)OC1=O. The molecule has 0 radical (unpaired) electrons. The molecule has 0 N–H and O–H groups in total. The van der Waals surface area contributed by atoms with Gasteiger partial charge in [0.15, 0.2) is 0 Å². The van der Waals surface area contributed by atoms with Crippen LogP contribution in [0, 0.1) is 22.7 Å². The maximum absolute atomic E-state index is 11.6. The van der Waals surface area contributed by atoms with Crippen molar-refractivity contribution in [3.05, 3.63) is 22.3 Å². The number of hydrogen-bond acceptors (Lipinski definition) is 4. The quantitative estimate of drug-likeness (QED) is 0.496. The second kappa shape index (κ2) is 3.83. The maximum atomic E-state index is 11.6. The van der Waals surface area contributed by atoms with Gasteiger partial charge in [-0.25, -0.2) is 4.79 Å². The van der Waals surface area contributed by atoms with Gasteiger partial charge in [0.1, 0.15) is 23.3 Å². The van der Waals surface area contributed by atoms with Crippen molar-refractivity contribution < 1.29 is 9.53 Å². The number of carbonyl (C=O) groups excluding carboxylic acids is 1. The van der Waals surface area contributed by atoms with Crippen molar-refractivity contribution in [1.82, 2.24) is 0 Å². The van der Waals surface area contributed by atoms with Crippen LogP contribution in [0.4, 0.5) is 0 Å². The molecule has 82 valence electrons. The van der Waals surface area contributed by atoms with Crippen molar-refractivity contribution >= 4 is 5.97 Å². The molecular formula is C12H12N2O2. The van der Waals surface area contributed by atoms with E-state index in [2.05, 4.69) is 0 Å². The predicted octanol–water partition coefficient (Wildman–Crippen LogP) is 2.00. The fraction of sp³-hybridized carbons (Fsp3) is 0.417. The molecule has 0 fully saturated rings. The Morgan fingerprint density at radius 1 is 1.31 bits per heavy atom. The number of carbonyl (C=O) groups is 1. The van der Waals surface area contributed by atoms with E-state index in [1.807, 2.05) is 0 Å². The Hall–Kier alpha value is -2.07. The Labute approximate surface area is 94.4 Å². The maximum Gasteiger partial charge on any atom is 0.339 e. The topological polar surface area (TPSA) is 73.9 Å². The monoisotopic (exact) mass is 216 g/mol. The van der Waals surface area contributed by atoms with Crippen LogP contribution in [0.1, 0.15) is 27.7 Å². The number of ether oxygens (including phenoxy) is 1. The summed E-state index contributed by atoms with van der Waals surface area (Å²) >= 11 is 0. The number of allylic oxidation sites excluding steroid dienone is 1. The fourth-order valence-electron chi connectivity index (χ4n) is 1.57. The Balaban J connectivity index is 3.43. The molecule has 0 unspecified atom stereocenters. The lowest BCUT2D eigenvalue weighted by Gasteiger charge is -2.18. The molecular weight excluding hydrogens is 204 g/mol. The first-order valence-electron chi connectivity index (χ1n) is 4.81. The molecule has 4 nitrogen and oxygen atoms in total. The normalized spacial score (nSPS) is 17.5. The van der Waals surface area contributed by atoms with E-state index < -0.39 is 11.6 Å². The second-order valence-corrected chi connectivity index (χ2v) is 4.12. The van der Waals surface area contributed by atoms with E-state index in [0.717, 1.165) is 5.57 Å². The Bertz CT molecular complexity index is 480. The first-order valence-corrected chi connectivity index (χ1v) is 4.81. The lowest BCUT2D eigenvalue weighted by Crippen LogP contribution is -2.21. The summed E-state index contributed by atoms with van der Waals surface area (Å²) in [7, 11) is 0. The van der Waals surface area contributed by atoms with Crippen LogP contribution in [-0.2, 0) is 9.53 Å². The molecule has 0 aliphatic carbocycles. The van der Waals surface area contributed by atoms with Crippen LogP contribution < -0.4 is 0 Å². The summed E-state index contributed by atoms with van der Waals surface area (Å²) in [4.78, 5) is 11.6. The van der Waals surface area contributed by atoms with Crippen molar-refractivity contribution in [2.45, 2.75) is 33.3 Å². The molecule has 1 heterocycles. The summed E-state index contributed by atoms with van der Waals surface area (Å²) < 4.78 is 5.17. The summed E-state index contributed by atoms with van der Waals surface area (Å²) in [5, 5.41) is 17.5. The van der Waals surface area contributed by atoms with Crippen LogP contribution in [0.2, 0.25) is 0 Å². The molecule has 16 heavy (non-hydrogen) atoms.